The number of hydrogen-bond acceptors (Lipinski definition) is 6. The fourth-order valence-corrected chi connectivity index (χ4v) is 4.62. The van der Waals surface area contributed by atoms with Crippen LogP contribution in [0.2, 0.25) is 0 Å². The third-order valence-electron chi connectivity index (χ3n) is 6.15. The minimum absolute atomic E-state index is 0.0361. The van der Waals surface area contributed by atoms with Crippen LogP contribution in [0.3, 0.4) is 0 Å². The summed E-state index contributed by atoms with van der Waals surface area (Å²) in [7, 11) is 3.34. The summed E-state index contributed by atoms with van der Waals surface area (Å²) >= 11 is 0. The Kier molecular flexibility index (Phi) is 7.05. The van der Waals surface area contributed by atoms with Crippen LogP contribution in [0.5, 0.6) is 23.0 Å². The molecule has 1 aromatic heterocycles. The average molecular weight is 509 g/mol. The van der Waals surface area contributed by atoms with Gasteiger partial charge in [0.05, 0.1) is 59.6 Å². The second kappa shape index (κ2) is 10.6. The zero-order valence-electron chi connectivity index (χ0n) is 22.6. The summed E-state index contributed by atoms with van der Waals surface area (Å²) in [5, 5.41) is 0. The molecule has 38 heavy (non-hydrogen) atoms. The number of nitrogens with zero attached hydrogens (tertiary/aromatic N) is 2. The molecule has 0 aliphatic carbocycles. The number of hydrogen-bond donors (Lipinski definition) is 0. The first-order valence-electron chi connectivity index (χ1n) is 12.8. The fraction of sp³-hybridized carbons (Fsp3) is 0.250. The van der Waals surface area contributed by atoms with Crippen molar-refractivity contribution in [1.82, 2.24) is 9.97 Å². The van der Waals surface area contributed by atoms with Gasteiger partial charge < -0.3 is 18.9 Å². The molecule has 0 unspecified atom stereocenters. The smallest absolute Gasteiger partial charge is 0.131 e. The van der Waals surface area contributed by atoms with E-state index in [1.807, 2.05) is 100 Å². The number of methoxy groups -OCH3 is 2. The van der Waals surface area contributed by atoms with Gasteiger partial charge in [-0.25, -0.2) is 9.97 Å². The SMILES string of the molecule is COc1cccc(OC(C)C)c1-c1ccc2nc3cc(-c4c(OC)cccc4OC(C)C)ccc3nc2c1. The fourth-order valence-electron chi connectivity index (χ4n) is 4.62. The minimum Gasteiger partial charge on any atom is -0.496 e. The number of fused-ring (bicyclic) bond motifs is 2. The second-order valence-electron chi connectivity index (χ2n) is 9.63. The zero-order chi connectivity index (χ0) is 26.8. The Morgan fingerprint density at radius 2 is 0.895 bits per heavy atom. The molecule has 0 atom stereocenters. The van der Waals surface area contributed by atoms with Gasteiger partial charge in [0.15, 0.2) is 0 Å². The molecular weight excluding hydrogens is 476 g/mol. The van der Waals surface area contributed by atoms with Crippen molar-refractivity contribution in [2.45, 2.75) is 39.9 Å². The third-order valence-corrected chi connectivity index (χ3v) is 6.15. The summed E-state index contributed by atoms with van der Waals surface area (Å²) in [5.74, 6) is 3.04. The van der Waals surface area contributed by atoms with E-state index in [0.717, 1.165) is 67.3 Å². The molecule has 6 nitrogen and oxygen atoms in total. The van der Waals surface area contributed by atoms with E-state index in [1.54, 1.807) is 14.2 Å². The van der Waals surface area contributed by atoms with Crippen molar-refractivity contribution in [1.29, 1.82) is 0 Å². The van der Waals surface area contributed by atoms with Gasteiger partial charge in [-0.05, 0) is 87.4 Å². The van der Waals surface area contributed by atoms with Crippen LogP contribution in [0, 0.1) is 0 Å². The summed E-state index contributed by atoms with van der Waals surface area (Å²) in [6.07, 6.45) is 0.0721. The van der Waals surface area contributed by atoms with Crippen LogP contribution in [0.1, 0.15) is 27.7 Å². The molecule has 0 aliphatic heterocycles. The van der Waals surface area contributed by atoms with E-state index in [2.05, 4.69) is 0 Å². The van der Waals surface area contributed by atoms with Crippen molar-refractivity contribution in [2.75, 3.05) is 14.2 Å². The number of ether oxygens (including phenoxy) is 4. The van der Waals surface area contributed by atoms with E-state index in [1.165, 1.54) is 0 Å². The first-order chi connectivity index (χ1) is 18.4. The Balaban J connectivity index is 1.62. The highest BCUT2D eigenvalue weighted by Gasteiger charge is 2.17. The molecule has 194 valence electrons. The Morgan fingerprint density at radius 1 is 0.500 bits per heavy atom. The lowest BCUT2D eigenvalue weighted by Gasteiger charge is -2.18. The predicted octanol–water partition coefficient (Wildman–Crippen LogP) is 7.71. The van der Waals surface area contributed by atoms with Gasteiger partial charge in [0.1, 0.15) is 23.0 Å². The summed E-state index contributed by atoms with van der Waals surface area (Å²) < 4.78 is 23.5. The zero-order valence-corrected chi connectivity index (χ0v) is 22.6. The standard InChI is InChI=1S/C32H32N2O4/c1-19(2)37-29-11-7-9-27(35-5)31(29)21-13-15-23-25(17-21)33-24-16-14-22(18-26(24)34-23)32-28(36-6)10-8-12-30(32)38-20(3)4/h7-20H,1-6H3. The van der Waals surface area contributed by atoms with E-state index >= 15 is 0 Å². The van der Waals surface area contributed by atoms with Crippen LogP contribution in [-0.4, -0.2) is 36.4 Å². The molecular formula is C32H32N2O4. The molecule has 1 heterocycles. The van der Waals surface area contributed by atoms with Crippen molar-refractivity contribution in [2.24, 2.45) is 0 Å². The van der Waals surface area contributed by atoms with Crippen LogP contribution in [-0.2, 0) is 0 Å². The average Bonchev–Trinajstić information content (AvgIpc) is 2.90. The lowest BCUT2D eigenvalue weighted by molar-refractivity contribution is 0.242. The van der Waals surface area contributed by atoms with Gasteiger partial charge in [-0.2, -0.15) is 0 Å². The Hall–Kier alpha value is -4.32. The number of rotatable bonds is 8. The number of benzene rings is 4. The Morgan fingerprint density at radius 3 is 1.26 bits per heavy atom. The van der Waals surface area contributed by atoms with Gasteiger partial charge in [0.25, 0.3) is 0 Å². The summed E-state index contributed by atoms with van der Waals surface area (Å²) in [4.78, 5) is 9.90. The molecule has 5 aromatic rings. The van der Waals surface area contributed by atoms with Gasteiger partial charge in [-0.3, -0.25) is 0 Å². The van der Waals surface area contributed by atoms with Crippen LogP contribution in [0.4, 0.5) is 0 Å². The molecule has 5 rings (SSSR count). The molecule has 0 bridgehead atoms. The maximum Gasteiger partial charge on any atom is 0.131 e. The van der Waals surface area contributed by atoms with E-state index in [-0.39, 0.29) is 12.2 Å². The number of aromatic nitrogens is 2. The van der Waals surface area contributed by atoms with Crippen molar-refractivity contribution < 1.29 is 18.9 Å². The van der Waals surface area contributed by atoms with Crippen LogP contribution in [0.25, 0.3) is 44.3 Å². The molecule has 0 aliphatic rings. The highest BCUT2D eigenvalue weighted by atomic mass is 16.5. The highest BCUT2D eigenvalue weighted by Crippen LogP contribution is 2.41. The monoisotopic (exact) mass is 508 g/mol. The molecule has 0 saturated heterocycles. The van der Waals surface area contributed by atoms with E-state index < -0.39 is 0 Å². The van der Waals surface area contributed by atoms with Crippen molar-refractivity contribution in [3.8, 4) is 45.3 Å². The highest BCUT2D eigenvalue weighted by molar-refractivity contribution is 5.93. The first-order valence-corrected chi connectivity index (χ1v) is 12.8. The van der Waals surface area contributed by atoms with E-state index in [9.17, 15) is 0 Å². The predicted molar refractivity (Wildman–Crippen MR) is 153 cm³/mol. The van der Waals surface area contributed by atoms with Gasteiger partial charge in [0.2, 0.25) is 0 Å². The van der Waals surface area contributed by atoms with Crippen LogP contribution in [0.15, 0.2) is 72.8 Å². The van der Waals surface area contributed by atoms with Gasteiger partial charge >= 0.3 is 0 Å². The van der Waals surface area contributed by atoms with Gasteiger partial charge in [0, 0.05) is 0 Å². The summed E-state index contributed by atoms with van der Waals surface area (Å²) in [5.41, 5.74) is 6.92. The lowest BCUT2D eigenvalue weighted by atomic mass is 10.0. The van der Waals surface area contributed by atoms with Crippen molar-refractivity contribution >= 4 is 22.1 Å². The normalized spacial score (nSPS) is 11.4. The molecule has 0 radical (unpaired) electrons. The second-order valence-corrected chi connectivity index (χ2v) is 9.63. The molecule has 0 fully saturated rings. The summed E-state index contributed by atoms with van der Waals surface area (Å²) in [6, 6.07) is 23.8. The van der Waals surface area contributed by atoms with Crippen LogP contribution < -0.4 is 18.9 Å². The van der Waals surface area contributed by atoms with Crippen molar-refractivity contribution in [3.63, 3.8) is 0 Å². The molecule has 4 aromatic carbocycles. The van der Waals surface area contributed by atoms with Crippen LogP contribution >= 0.6 is 0 Å². The maximum atomic E-state index is 6.10. The first kappa shape index (κ1) is 25.3. The van der Waals surface area contributed by atoms with E-state index in [0.29, 0.717) is 0 Å². The van der Waals surface area contributed by atoms with E-state index in [4.69, 9.17) is 28.9 Å². The van der Waals surface area contributed by atoms with Gasteiger partial charge in [-0.15, -0.1) is 0 Å². The largest absolute Gasteiger partial charge is 0.496 e. The Bertz CT molecular complexity index is 1490. The van der Waals surface area contributed by atoms with Crippen molar-refractivity contribution in [3.05, 3.63) is 72.8 Å². The molecule has 0 spiro atoms. The maximum absolute atomic E-state index is 6.10. The third kappa shape index (κ3) is 4.94. The molecule has 6 heteroatoms. The quantitative estimate of drug-likeness (QED) is 0.200. The topological polar surface area (TPSA) is 62.7 Å². The molecule has 0 amide bonds. The minimum atomic E-state index is 0.0361. The summed E-state index contributed by atoms with van der Waals surface area (Å²) in [6.45, 7) is 8.05. The molecule has 0 N–H and O–H groups in total. The van der Waals surface area contributed by atoms with Gasteiger partial charge in [-0.1, -0.05) is 24.3 Å². The molecule has 0 saturated carbocycles. The lowest BCUT2D eigenvalue weighted by Crippen LogP contribution is -2.07. The Labute approximate surface area is 223 Å².